The zero-order valence-electron chi connectivity index (χ0n) is 13.2. The number of hydrogen-bond acceptors (Lipinski definition) is 3. The molecule has 2 N–H and O–H groups in total. The van der Waals surface area contributed by atoms with Gasteiger partial charge in [0.1, 0.15) is 0 Å². The molecule has 0 radical (unpaired) electrons. The number of anilines is 2. The van der Waals surface area contributed by atoms with E-state index >= 15 is 0 Å². The number of hydrogen-bond donors (Lipinski definition) is 2. The lowest BCUT2D eigenvalue weighted by Crippen LogP contribution is -2.28. The standard InChI is InChI=1S/C18H15ClN4O2/c19-12-4-3-5-13(9-12)20-18(25)11-8-16(24)23(10-11)17-14-6-1-2-7-15(14)21-22-17/h1-7,9,11H,8,10H2,(H,20,25)(H,21,22). The zero-order valence-corrected chi connectivity index (χ0v) is 14.0. The van der Waals surface area contributed by atoms with Gasteiger partial charge < -0.3 is 5.32 Å². The third-order valence-corrected chi connectivity index (χ3v) is 4.53. The largest absolute Gasteiger partial charge is 0.326 e. The minimum Gasteiger partial charge on any atom is -0.326 e. The van der Waals surface area contributed by atoms with Gasteiger partial charge in [0, 0.05) is 29.1 Å². The SMILES string of the molecule is O=C(Nc1cccc(Cl)c1)C1CC(=O)N(c2n[nH]c3ccccc23)C1. The van der Waals surface area contributed by atoms with Crippen LogP contribution in [-0.4, -0.2) is 28.6 Å². The molecular weight excluding hydrogens is 340 g/mol. The smallest absolute Gasteiger partial charge is 0.229 e. The second kappa shape index (κ2) is 6.22. The summed E-state index contributed by atoms with van der Waals surface area (Å²) in [6.45, 7) is 0.306. The van der Waals surface area contributed by atoms with Crippen molar-refractivity contribution in [3.63, 3.8) is 0 Å². The molecule has 6 nitrogen and oxygen atoms in total. The van der Waals surface area contributed by atoms with Gasteiger partial charge in [-0.05, 0) is 30.3 Å². The number of carbonyl (C=O) groups excluding carboxylic acids is 2. The highest BCUT2D eigenvalue weighted by atomic mass is 35.5. The third kappa shape index (κ3) is 2.96. The predicted molar refractivity (Wildman–Crippen MR) is 96.6 cm³/mol. The maximum atomic E-state index is 12.5. The van der Waals surface area contributed by atoms with E-state index in [1.807, 2.05) is 24.3 Å². The van der Waals surface area contributed by atoms with Crippen molar-refractivity contribution < 1.29 is 9.59 Å². The summed E-state index contributed by atoms with van der Waals surface area (Å²) in [5.74, 6) is -0.165. The van der Waals surface area contributed by atoms with E-state index in [0.717, 1.165) is 10.9 Å². The van der Waals surface area contributed by atoms with Gasteiger partial charge in [-0.25, -0.2) is 0 Å². The number of rotatable bonds is 3. The minimum atomic E-state index is -0.429. The Morgan fingerprint density at radius 1 is 1.24 bits per heavy atom. The number of benzene rings is 2. The van der Waals surface area contributed by atoms with Crippen molar-refractivity contribution >= 4 is 45.8 Å². The molecule has 4 rings (SSSR count). The van der Waals surface area contributed by atoms with E-state index in [0.29, 0.717) is 23.1 Å². The van der Waals surface area contributed by atoms with E-state index in [9.17, 15) is 9.59 Å². The van der Waals surface area contributed by atoms with Crippen molar-refractivity contribution in [3.8, 4) is 0 Å². The monoisotopic (exact) mass is 354 g/mol. The highest BCUT2D eigenvalue weighted by molar-refractivity contribution is 6.30. The van der Waals surface area contributed by atoms with Crippen LogP contribution in [0.1, 0.15) is 6.42 Å². The van der Waals surface area contributed by atoms with Crippen LogP contribution in [0.2, 0.25) is 5.02 Å². The van der Waals surface area contributed by atoms with Crippen molar-refractivity contribution in [1.82, 2.24) is 10.2 Å². The number of H-pyrrole nitrogens is 1. The Hall–Kier alpha value is -2.86. The molecule has 0 saturated carbocycles. The minimum absolute atomic E-state index is 0.108. The molecule has 2 amide bonds. The van der Waals surface area contributed by atoms with Gasteiger partial charge in [-0.1, -0.05) is 29.8 Å². The molecule has 1 aliphatic heterocycles. The number of nitrogens with zero attached hydrogens (tertiary/aromatic N) is 2. The number of nitrogens with one attached hydrogen (secondary N) is 2. The molecule has 1 unspecified atom stereocenters. The van der Waals surface area contributed by atoms with Crippen molar-refractivity contribution in [1.29, 1.82) is 0 Å². The van der Waals surface area contributed by atoms with E-state index in [-0.39, 0.29) is 18.2 Å². The summed E-state index contributed by atoms with van der Waals surface area (Å²) in [5, 5.41) is 11.4. The lowest BCUT2D eigenvalue weighted by molar-refractivity contribution is -0.122. The molecule has 0 bridgehead atoms. The Morgan fingerprint density at radius 3 is 2.92 bits per heavy atom. The van der Waals surface area contributed by atoms with Gasteiger partial charge in [-0.3, -0.25) is 19.6 Å². The Morgan fingerprint density at radius 2 is 2.08 bits per heavy atom. The number of para-hydroxylation sites is 1. The Balaban J connectivity index is 1.53. The first-order chi connectivity index (χ1) is 12.1. The van der Waals surface area contributed by atoms with Crippen LogP contribution in [0.5, 0.6) is 0 Å². The molecule has 0 spiro atoms. The molecule has 1 fully saturated rings. The summed E-state index contributed by atoms with van der Waals surface area (Å²) < 4.78 is 0. The molecule has 2 heterocycles. The number of aromatic nitrogens is 2. The van der Waals surface area contributed by atoms with Gasteiger partial charge in [0.2, 0.25) is 11.8 Å². The maximum absolute atomic E-state index is 12.5. The molecule has 3 aromatic rings. The summed E-state index contributed by atoms with van der Waals surface area (Å²) in [4.78, 5) is 26.5. The van der Waals surface area contributed by atoms with Gasteiger partial charge in [-0.2, -0.15) is 5.10 Å². The number of amides is 2. The maximum Gasteiger partial charge on any atom is 0.229 e. The summed E-state index contributed by atoms with van der Waals surface area (Å²) in [6.07, 6.45) is 0.160. The predicted octanol–water partition coefficient (Wildman–Crippen LogP) is 3.21. The topological polar surface area (TPSA) is 78.1 Å². The molecular formula is C18H15ClN4O2. The van der Waals surface area contributed by atoms with E-state index in [4.69, 9.17) is 11.6 Å². The average molecular weight is 355 g/mol. The fourth-order valence-corrected chi connectivity index (χ4v) is 3.24. The van der Waals surface area contributed by atoms with Gasteiger partial charge in [0.15, 0.2) is 5.82 Å². The molecule has 1 atom stereocenters. The summed E-state index contributed by atoms with van der Waals surface area (Å²) in [6, 6.07) is 14.5. The van der Waals surface area contributed by atoms with Gasteiger partial charge in [0.05, 0.1) is 11.4 Å². The van der Waals surface area contributed by atoms with E-state index in [2.05, 4.69) is 15.5 Å². The quantitative estimate of drug-likeness (QED) is 0.758. The number of aromatic amines is 1. The molecule has 25 heavy (non-hydrogen) atoms. The van der Waals surface area contributed by atoms with Crippen LogP contribution in [0.3, 0.4) is 0 Å². The van der Waals surface area contributed by atoms with Gasteiger partial charge in [-0.15, -0.1) is 0 Å². The molecule has 1 saturated heterocycles. The van der Waals surface area contributed by atoms with Crippen molar-refractivity contribution in [2.24, 2.45) is 5.92 Å². The average Bonchev–Trinajstić information content (AvgIpc) is 3.18. The highest BCUT2D eigenvalue weighted by Gasteiger charge is 2.36. The first kappa shape index (κ1) is 15.7. The van der Waals surface area contributed by atoms with E-state index in [1.165, 1.54) is 0 Å². The van der Waals surface area contributed by atoms with Crippen LogP contribution in [-0.2, 0) is 9.59 Å². The number of fused-ring (bicyclic) bond motifs is 1. The number of halogens is 1. The zero-order chi connectivity index (χ0) is 17.4. The second-order valence-electron chi connectivity index (χ2n) is 6.00. The lowest BCUT2D eigenvalue weighted by Gasteiger charge is -2.14. The molecule has 126 valence electrons. The fraction of sp³-hybridized carbons (Fsp3) is 0.167. The Bertz CT molecular complexity index is 968. The summed E-state index contributed by atoms with van der Waals surface area (Å²) >= 11 is 5.93. The van der Waals surface area contributed by atoms with Crippen LogP contribution in [0.15, 0.2) is 48.5 Å². The third-order valence-electron chi connectivity index (χ3n) is 4.29. The fourth-order valence-electron chi connectivity index (χ4n) is 3.05. The number of carbonyl (C=O) groups is 2. The summed E-state index contributed by atoms with van der Waals surface area (Å²) in [5.41, 5.74) is 1.48. The van der Waals surface area contributed by atoms with Crippen molar-refractivity contribution in [3.05, 3.63) is 53.6 Å². The molecule has 0 aliphatic carbocycles. The highest BCUT2D eigenvalue weighted by Crippen LogP contribution is 2.30. The van der Waals surface area contributed by atoms with Crippen molar-refractivity contribution in [2.45, 2.75) is 6.42 Å². The van der Waals surface area contributed by atoms with Crippen LogP contribution >= 0.6 is 11.6 Å². The molecule has 7 heteroatoms. The molecule has 1 aliphatic rings. The van der Waals surface area contributed by atoms with Crippen LogP contribution < -0.4 is 10.2 Å². The summed E-state index contributed by atoms with van der Waals surface area (Å²) in [7, 11) is 0. The van der Waals surface area contributed by atoms with Gasteiger partial charge >= 0.3 is 0 Å². The lowest BCUT2D eigenvalue weighted by atomic mass is 10.1. The second-order valence-corrected chi connectivity index (χ2v) is 6.43. The van der Waals surface area contributed by atoms with Crippen molar-refractivity contribution in [2.75, 3.05) is 16.8 Å². The normalized spacial score (nSPS) is 17.2. The van der Waals surface area contributed by atoms with Crippen LogP contribution in [0, 0.1) is 5.92 Å². The molecule has 2 aromatic carbocycles. The van der Waals surface area contributed by atoms with E-state index in [1.54, 1.807) is 29.2 Å². The molecule has 1 aromatic heterocycles. The first-order valence-electron chi connectivity index (χ1n) is 7.92. The first-order valence-corrected chi connectivity index (χ1v) is 8.29. The van der Waals surface area contributed by atoms with E-state index < -0.39 is 5.92 Å². The Kier molecular flexibility index (Phi) is 3.89. The van der Waals surface area contributed by atoms with Crippen LogP contribution in [0.25, 0.3) is 10.9 Å². The Labute approximate surface area is 148 Å². The van der Waals surface area contributed by atoms with Crippen LogP contribution in [0.4, 0.5) is 11.5 Å². The van der Waals surface area contributed by atoms with Gasteiger partial charge in [0.25, 0.3) is 0 Å².